The lowest BCUT2D eigenvalue weighted by Crippen LogP contribution is -2.64. The van der Waals surface area contributed by atoms with Crippen LogP contribution in [0.2, 0.25) is 0 Å². The number of carbonyl (C=O) groups excluding carboxylic acids is 1. The highest BCUT2D eigenvalue weighted by molar-refractivity contribution is 5.79. The average molecular weight is 445 g/mol. The van der Waals surface area contributed by atoms with Crippen molar-refractivity contribution in [3.05, 3.63) is 12.2 Å². The van der Waals surface area contributed by atoms with Gasteiger partial charge in [0.15, 0.2) is 0 Å². The Morgan fingerprint density at radius 2 is 1.81 bits per heavy atom. The molecule has 0 bridgehead atoms. The zero-order valence-electron chi connectivity index (χ0n) is 21.5. The molecule has 0 radical (unpaired) electrons. The summed E-state index contributed by atoms with van der Waals surface area (Å²) in [6.45, 7) is 18.0. The second kappa shape index (κ2) is 7.94. The lowest BCUT2D eigenvalue weighted by atomic mass is 9.37. The molecule has 0 heterocycles. The fourth-order valence-corrected chi connectivity index (χ4v) is 9.28. The van der Waals surface area contributed by atoms with Crippen LogP contribution in [0.4, 0.5) is 0 Å². The van der Waals surface area contributed by atoms with E-state index in [-0.39, 0.29) is 34.2 Å². The molecule has 3 heteroatoms. The number of aliphatic hydroxyl groups excluding tert-OH is 1. The third-order valence-corrected chi connectivity index (χ3v) is 11.8. The maximum absolute atomic E-state index is 12.2. The second-order valence-electron chi connectivity index (χ2n) is 13.5. The molecule has 4 aliphatic rings. The molecule has 4 rings (SSSR count). The van der Waals surface area contributed by atoms with Crippen molar-refractivity contribution in [1.29, 1.82) is 0 Å². The third kappa shape index (κ3) is 3.47. The minimum Gasteiger partial charge on any atom is -0.393 e. The van der Waals surface area contributed by atoms with E-state index < -0.39 is 5.60 Å². The van der Waals surface area contributed by atoms with Gasteiger partial charge in [0.2, 0.25) is 0 Å². The molecule has 4 saturated carbocycles. The number of hydrogen-bond acceptors (Lipinski definition) is 3. The molecule has 0 aliphatic heterocycles. The summed E-state index contributed by atoms with van der Waals surface area (Å²) < 4.78 is 0. The van der Waals surface area contributed by atoms with Gasteiger partial charge in [0, 0.05) is 12.8 Å². The summed E-state index contributed by atoms with van der Waals surface area (Å²) in [7, 11) is 0. The molecule has 2 N–H and O–H groups in total. The SMILES string of the molecule is C=C(CC[C@](C)(O)[C@H]1CC[C@]2(C)[C@@H]1[C@H](O)C[C@@H]1[C@@]3(C)CCC(=O)C[C@@H]3CC[C@]12C)C(C)C. The Hall–Kier alpha value is -0.670. The molecule has 4 fully saturated rings. The van der Waals surface area contributed by atoms with Crippen molar-refractivity contribution in [1.82, 2.24) is 0 Å². The number of carbonyl (C=O) groups is 1. The van der Waals surface area contributed by atoms with Crippen molar-refractivity contribution in [2.75, 3.05) is 0 Å². The van der Waals surface area contributed by atoms with Crippen LogP contribution in [0.1, 0.15) is 106 Å². The minimum atomic E-state index is -0.775. The molecule has 0 spiro atoms. The first-order chi connectivity index (χ1) is 14.8. The first-order valence-electron chi connectivity index (χ1n) is 13.4. The monoisotopic (exact) mass is 444 g/mol. The lowest BCUT2D eigenvalue weighted by molar-refractivity contribution is -0.220. The van der Waals surface area contributed by atoms with Gasteiger partial charge in [-0.15, -0.1) is 0 Å². The van der Waals surface area contributed by atoms with Gasteiger partial charge >= 0.3 is 0 Å². The molecule has 182 valence electrons. The molecule has 9 atom stereocenters. The number of hydrogen-bond donors (Lipinski definition) is 2. The molecule has 3 nitrogen and oxygen atoms in total. The Balaban J connectivity index is 1.62. The van der Waals surface area contributed by atoms with Crippen LogP contribution in [0.15, 0.2) is 12.2 Å². The van der Waals surface area contributed by atoms with Gasteiger partial charge in [0.05, 0.1) is 11.7 Å². The first-order valence-corrected chi connectivity index (χ1v) is 13.4. The summed E-state index contributed by atoms with van der Waals surface area (Å²) in [6.07, 6.45) is 8.90. The third-order valence-electron chi connectivity index (χ3n) is 11.8. The number of rotatable bonds is 5. The Morgan fingerprint density at radius 3 is 2.47 bits per heavy atom. The highest BCUT2D eigenvalue weighted by atomic mass is 16.3. The van der Waals surface area contributed by atoms with Crippen molar-refractivity contribution in [2.45, 2.75) is 117 Å². The van der Waals surface area contributed by atoms with E-state index in [1.54, 1.807) is 0 Å². The molecule has 0 amide bonds. The van der Waals surface area contributed by atoms with Crippen molar-refractivity contribution >= 4 is 5.78 Å². The standard InChI is InChI=1S/C29H48O3/c1-18(2)19(3)8-15-29(7,32)22-11-14-28(6)25(22)23(31)17-24-26(4)12-10-21(30)16-20(26)9-13-27(24,28)5/h18,20,22-25,31-32H,3,8-17H2,1-2,4-7H3/t20-,22-,23+,24+,25-,26-,27+,28+,29-/m0/s1. The van der Waals surface area contributed by atoms with Gasteiger partial charge in [-0.3, -0.25) is 4.79 Å². The van der Waals surface area contributed by atoms with Gasteiger partial charge in [-0.25, -0.2) is 0 Å². The number of Topliss-reactive ketones (excluding diaryl/α,β-unsaturated/α-hetero) is 1. The van der Waals surface area contributed by atoms with E-state index in [1.807, 2.05) is 6.92 Å². The number of ketones is 1. The van der Waals surface area contributed by atoms with E-state index in [2.05, 4.69) is 41.2 Å². The van der Waals surface area contributed by atoms with Crippen LogP contribution in [0.3, 0.4) is 0 Å². The van der Waals surface area contributed by atoms with Crippen molar-refractivity contribution in [3.63, 3.8) is 0 Å². The van der Waals surface area contributed by atoms with Crippen molar-refractivity contribution < 1.29 is 15.0 Å². The Kier molecular flexibility index (Phi) is 6.07. The Labute approximate surface area is 196 Å². The van der Waals surface area contributed by atoms with Crippen LogP contribution < -0.4 is 0 Å². The molecule has 0 saturated heterocycles. The maximum Gasteiger partial charge on any atom is 0.133 e. The summed E-state index contributed by atoms with van der Waals surface area (Å²) in [4.78, 5) is 12.2. The highest BCUT2D eigenvalue weighted by Gasteiger charge is 2.69. The number of aliphatic hydroxyl groups is 2. The quantitative estimate of drug-likeness (QED) is 0.488. The predicted octanol–water partition coefficient (Wildman–Crippen LogP) is 6.32. The largest absolute Gasteiger partial charge is 0.393 e. The zero-order chi connectivity index (χ0) is 23.7. The van der Waals surface area contributed by atoms with Gasteiger partial charge < -0.3 is 10.2 Å². The lowest BCUT2D eigenvalue weighted by Gasteiger charge is -2.68. The van der Waals surface area contributed by atoms with Crippen LogP contribution in [0.5, 0.6) is 0 Å². The van der Waals surface area contributed by atoms with Gasteiger partial charge in [0.1, 0.15) is 5.78 Å². The smallest absolute Gasteiger partial charge is 0.133 e. The normalized spacial score (nSPS) is 48.0. The van der Waals surface area contributed by atoms with E-state index >= 15 is 0 Å². The molecule has 0 aromatic rings. The Bertz CT molecular complexity index is 768. The zero-order valence-corrected chi connectivity index (χ0v) is 21.5. The van der Waals surface area contributed by atoms with Crippen LogP contribution in [0, 0.1) is 45.8 Å². The second-order valence-corrected chi connectivity index (χ2v) is 13.5. The molecular weight excluding hydrogens is 396 g/mol. The predicted molar refractivity (Wildman–Crippen MR) is 130 cm³/mol. The fraction of sp³-hybridized carbons (Fsp3) is 0.897. The van der Waals surface area contributed by atoms with Crippen LogP contribution in [-0.4, -0.2) is 27.7 Å². The summed E-state index contributed by atoms with van der Waals surface area (Å²) in [5.74, 6) is 2.11. The summed E-state index contributed by atoms with van der Waals surface area (Å²) >= 11 is 0. The van der Waals surface area contributed by atoms with E-state index in [1.165, 1.54) is 5.57 Å². The summed E-state index contributed by atoms with van der Waals surface area (Å²) in [6, 6.07) is 0. The Morgan fingerprint density at radius 1 is 1.16 bits per heavy atom. The number of allylic oxidation sites excluding steroid dienone is 1. The number of fused-ring (bicyclic) bond motifs is 5. The molecular formula is C29H48O3. The van der Waals surface area contributed by atoms with Crippen LogP contribution >= 0.6 is 0 Å². The molecule has 32 heavy (non-hydrogen) atoms. The van der Waals surface area contributed by atoms with Gasteiger partial charge in [-0.1, -0.05) is 46.8 Å². The van der Waals surface area contributed by atoms with Crippen LogP contribution in [0.25, 0.3) is 0 Å². The van der Waals surface area contributed by atoms with E-state index in [0.717, 1.165) is 57.8 Å². The molecule has 0 aromatic heterocycles. The topological polar surface area (TPSA) is 57.5 Å². The van der Waals surface area contributed by atoms with E-state index in [4.69, 9.17) is 0 Å². The summed E-state index contributed by atoms with van der Waals surface area (Å²) in [5.41, 5.74) is 0.790. The van der Waals surface area contributed by atoms with Gasteiger partial charge in [-0.2, -0.15) is 0 Å². The maximum atomic E-state index is 12.2. The fourth-order valence-electron chi connectivity index (χ4n) is 9.28. The molecule has 4 aliphatic carbocycles. The average Bonchev–Trinajstić information content (AvgIpc) is 3.10. The van der Waals surface area contributed by atoms with Gasteiger partial charge in [-0.05, 0) is 104 Å². The molecule has 0 unspecified atom stereocenters. The minimum absolute atomic E-state index is 0.0362. The molecule has 0 aromatic carbocycles. The van der Waals surface area contributed by atoms with Crippen molar-refractivity contribution in [3.8, 4) is 0 Å². The van der Waals surface area contributed by atoms with Gasteiger partial charge in [0.25, 0.3) is 0 Å². The van der Waals surface area contributed by atoms with Crippen molar-refractivity contribution in [2.24, 2.45) is 45.8 Å². The van der Waals surface area contributed by atoms with E-state index in [0.29, 0.717) is 30.0 Å². The first kappa shape index (κ1) is 24.5. The van der Waals surface area contributed by atoms with E-state index in [9.17, 15) is 15.0 Å². The highest BCUT2D eigenvalue weighted by Crippen LogP contribution is 2.74. The summed E-state index contributed by atoms with van der Waals surface area (Å²) in [5, 5.41) is 23.3. The van der Waals surface area contributed by atoms with Crippen LogP contribution in [-0.2, 0) is 4.79 Å².